The maximum atomic E-state index is 9.93. The molecule has 0 atom stereocenters. The Morgan fingerprint density at radius 1 is 1.07 bits per heavy atom. The lowest BCUT2D eigenvalue weighted by molar-refractivity contribution is 0.374. The summed E-state index contributed by atoms with van der Waals surface area (Å²) in [7, 11) is 0. The third-order valence-corrected chi connectivity index (χ3v) is 5.55. The molecule has 2 N–H and O–H groups in total. The van der Waals surface area contributed by atoms with E-state index in [-0.39, 0.29) is 0 Å². The van der Waals surface area contributed by atoms with Gasteiger partial charge in [0.1, 0.15) is 11.2 Å². The number of hydrogen-bond acceptors (Lipinski definition) is 7. The van der Waals surface area contributed by atoms with E-state index in [2.05, 4.69) is 31.7 Å². The molecule has 8 nitrogen and oxygen atoms in total. The molecule has 1 aliphatic rings. The maximum absolute atomic E-state index is 9.93. The second-order valence-electron chi connectivity index (χ2n) is 7.34. The minimum atomic E-state index is -0.565. The zero-order chi connectivity index (χ0) is 20.4. The summed E-state index contributed by atoms with van der Waals surface area (Å²) in [4.78, 5) is 12.9. The van der Waals surface area contributed by atoms with Crippen molar-refractivity contribution in [3.05, 3.63) is 66.9 Å². The summed E-state index contributed by atoms with van der Waals surface area (Å²) < 4.78 is 1.88. The van der Waals surface area contributed by atoms with Crippen molar-refractivity contribution in [3.8, 4) is 11.8 Å². The number of nitriles is 1. The van der Waals surface area contributed by atoms with E-state index in [1.807, 2.05) is 41.1 Å². The Morgan fingerprint density at radius 2 is 1.93 bits per heavy atom. The van der Waals surface area contributed by atoms with Crippen molar-refractivity contribution in [2.75, 3.05) is 18.4 Å². The van der Waals surface area contributed by atoms with Crippen LogP contribution in [-0.4, -0.2) is 37.8 Å². The summed E-state index contributed by atoms with van der Waals surface area (Å²) in [6.07, 6.45) is 8.19. The fourth-order valence-corrected chi connectivity index (χ4v) is 3.93. The molecule has 1 aliphatic heterocycles. The third-order valence-electron chi connectivity index (χ3n) is 5.55. The minimum Gasteiger partial charge on any atom is -0.322 e. The van der Waals surface area contributed by atoms with Crippen LogP contribution in [-0.2, 0) is 5.41 Å². The molecule has 0 amide bonds. The van der Waals surface area contributed by atoms with Gasteiger partial charge in [0, 0.05) is 24.0 Å². The van der Waals surface area contributed by atoms with E-state index in [0.29, 0.717) is 11.6 Å². The molecule has 0 saturated carbocycles. The summed E-state index contributed by atoms with van der Waals surface area (Å²) >= 11 is 0. The summed E-state index contributed by atoms with van der Waals surface area (Å²) in [6.45, 7) is 1.63. The van der Waals surface area contributed by atoms with Crippen molar-refractivity contribution in [1.29, 1.82) is 5.26 Å². The highest BCUT2D eigenvalue weighted by Crippen LogP contribution is 2.33. The van der Waals surface area contributed by atoms with Gasteiger partial charge in [-0.05, 0) is 50.2 Å². The van der Waals surface area contributed by atoms with E-state index < -0.39 is 5.41 Å². The topological polar surface area (TPSA) is 104 Å². The first-order valence-corrected chi connectivity index (χ1v) is 9.89. The Hall–Kier alpha value is -3.83. The zero-order valence-electron chi connectivity index (χ0n) is 16.3. The highest BCUT2D eigenvalue weighted by atomic mass is 15.3. The second-order valence-corrected chi connectivity index (χ2v) is 7.34. The number of para-hydroxylation sites is 1. The predicted octanol–water partition coefficient (Wildman–Crippen LogP) is 3.10. The largest absolute Gasteiger partial charge is 0.322 e. The number of hydrogen-bond donors (Lipinski definition) is 2. The third kappa shape index (κ3) is 3.15. The molecule has 5 rings (SSSR count). The minimum absolute atomic E-state index is 0.565. The monoisotopic (exact) mass is 396 g/mol. The molecule has 3 aromatic heterocycles. The molecule has 1 aromatic carbocycles. The van der Waals surface area contributed by atoms with Crippen LogP contribution in [0.5, 0.6) is 0 Å². The lowest BCUT2D eigenvalue weighted by Crippen LogP contribution is -2.39. The van der Waals surface area contributed by atoms with E-state index in [1.54, 1.807) is 24.8 Å². The zero-order valence-corrected chi connectivity index (χ0v) is 16.3. The van der Waals surface area contributed by atoms with E-state index in [1.165, 1.54) is 0 Å². The quantitative estimate of drug-likeness (QED) is 0.546. The van der Waals surface area contributed by atoms with Gasteiger partial charge in [-0.1, -0.05) is 12.1 Å². The first-order valence-electron chi connectivity index (χ1n) is 9.89. The SMILES string of the molecule is N#CC1(c2cc(-n3nc(Nc4cnccn4)c4ccccc43)ccn2)CCNCC1. The Bertz CT molecular complexity index is 1220. The first-order chi connectivity index (χ1) is 14.8. The molecule has 148 valence electrons. The molecule has 1 saturated heterocycles. The van der Waals surface area contributed by atoms with Crippen LogP contribution in [0, 0.1) is 11.3 Å². The lowest BCUT2D eigenvalue weighted by Gasteiger charge is -2.30. The molecule has 8 heteroatoms. The van der Waals surface area contributed by atoms with Crippen LogP contribution in [0.4, 0.5) is 11.6 Å². The van der Waals surface area contributed by atoms with Crippen LogP contribution in [0.3, 0.4) is 0 Å². The summed E-state index contributed by atoms with van der Waals surface area (Å²) in [5.41, 5.74) is 2.06. The van der Waals surface area contributed by atoms with Gasteiger partial charge >= 0.3 is 0 Å². The molecule has 1 fully saturated rings. The molecule has 0 aliphatic carbocycles. The predicted molar refractivity (Wildman–Crippen MR) is 114 cm³/mol. The number of piperidine rings is 1. The van der Waals surface area contributed by atoms with Crippen LogP contribution >= 0.6 is 0 Å². The highest BCUT2D eigenvalue weighted by molar-refractivity contribution is 5.92. The van der Waals surface area contributed by atoms with Gasteiger partial charge < -0.3 is 10.6 Å². The molecule has 30 heavy (non-hydrogen) atoms. The normalized spacial score (nSPS) is 15.6. The van der Waals surface area contributed by atoms with Gasteiger partial charge in [-0.2, -0.15) is 5.26 Å². The van der Waals surface area contributed by atoms with Gasteiger partial charge in [0.05, 0.1) is 29.2 Å². The van der Waals surface area contributed by atoms with E-state index in [9.17, 15) is 5.26 Å². The number of fused-ring (bicyclic) bond motifs is 1. The molecule has 0 spiro atoms. The highest BCUT2D eigenvalue weighted by Gasteiger charge is 2.35. The van der Waals surface area contributed by atoms with E-state index in [0.717, 1.165) is 48.2 Å². The summed E-state index contributed by atoms with van der Waals surface area (Å²) in [6, 6.07) is 14.4. The molecular formula is C22H20N8. The van der Waals surface area contributed by atoms with E-state index >= 15 is 0 Å². The van der Waals surface area contributed by atoms with Crippen LogP contribution in [0.25, 0.3) is 16.6 Å². The molecular weight excluding hydrogens is 376 g/mol. The fourth-order valence-electron chi connectivity index (χ4n) is 3.93. The Labute approximate surface area is 173 Å². The molecule has 0 bridgehead atoms. The van der Waals surface area contributed by atoms with Crippen molar-refractivity contribution in [3.63, 3.8) is 0 Å². The Morgan fingerprint density at radius 3 is 2.73 bits per heavy atom. The number of nitrogens with zero attached hydrogens (tertiary/aromatic N) is 6. The van der Waals surface area contributed by atoms with Crippen LogP contribution in [0.2, 0.25) is 0 Å². The Balaban J connectivity index is 1.60. The number of nitrogens with one attached hydrogen (secondary N) is 2. The average molecular weight is 396 g/mol. The number of aromatic nitrogens is 5. The van der Waals surface area contributed by atoms with Gasteiger partial charge in [0.15, 0.2) is 5.82 Å². The number of rotatable bonds is 4. The van der Waals surface area contributed by atoms with Crippen LogP contribution < -0.4 is 10.6 Å². The number of benzene rings is 1. The van der Waals surface area contributed by atoms with Gasteiger partial charge in [0.2, 0.25) is 0 Å². The van der Waals surface area contributed by atoms with E-state index in [4.69, 9.17) is 5.10 Å². The van der Waals surface area contributed by atoms with Gasteiger partial charge in [-0.25, -0.2) is 9.67 Å². The molecule has 4 heterocycles. The Kier molecular flexibility index (Phi) is 4.58. The fraction of sp³-hybridized carbons (Fsp3) is 0.227. The molecule has 4 aromatic rings. The molecule has 0 radical (unpaired) electrons. The summed E-state index contributed by atoms with van der Waals surface area (Å²) in [5.74, 6) is 1.32. The standard InChI is InChI=1S/C22H20N8/c23-15-22(6-9-24-10-7-22)19-13-16(5-8-26-19)30-18-4-2-1-3-17(18)21(29-30)28-20-14-25-11-12-27-20/h1-5,8,11-14,24H,6-7,9-10H2,(H,27,28,29). The van der Waals surface area contributed by atoms with Crippen LogP contribution in [0.1, 0.15) is 18.5 Å². The first kappa shape index (κ1) is 18.2. The van der Waals surface area contributed by atoms with Crippen LogP contribution in [0.15, 0.2) is 61.2 Å². The van der Waals surface area contributed by atoms with Gasteiger partial charge in [-0.3, -0.25) is 9.97 Å². The van der Waals surface area contributed by atoms with Gasteiger partial charge in [0.25, 0.3) is 0 Å². The number of anilines is 2. The summed E-state index contributed by atoms with van der Waals surface area (Å²) in [5, 5.41) is 22.3. The van der Waals surface area contributed by atoms with Crippen molar-refractivity contribution in [2.45, 2.75) is 18.3 Å². The molecule has 0 unspecified atom stereocenters. The lowest BCUT2D eigenvalue weighted by atomic mass is 9.77. The second kappa shape index (κ2) is 7.54. The smallest absolute Gasteiger partial charge is 0.162 e. The maximum Gasteiger partial charge on any atom is 0.162 e. The average Bonchev–Trinajstić information content (AvgIpc) is 3.19. The van der Waals surface area contributed by atoms with Crippen molar-refractivity contribution < 1.29 is 0 Å². The van der Waals surface area contributed by atoms with Crippen molar-refractivity contribution >= 4 is 22.5 Å². The van der Waals surface area contributed by atoms with Gasteiger partial charge in [-0.15, -0.1) is 5.10 Å². The van der Waals surface area contributed by atoms with Crippen molar-refractivity contribution in [1.82, 2.24) is 30.0 Å². The van der Waals surface area contributed by atoms with Crippen molar-refractivity contribution in [2.24, 2.45) is 0 Å². The number of pyridine rings is 1.